The number of ketones is 1. The van der Waals surface area contributed by atoms with E-state index < -0.39 is 51.0 Å². The fourth-order valence-electron chi connectivity index (χ4n) is 14.4. The number of carbonyl (C=O) groups excluding carboxylic acids is 3. The van der Waals surface area contributed by atoms with E-state index in [-0.39, 0.29) is 35.3 Å². The minimum Gasteiger partial charge on any atom is -0.448 e. The normalized spacial score (nSPS) is 39.4. The molecule has 318 valence electrons. The van der Waals surface area contributed by atoms with Gasteiger partial charge in [-0.15, -0.1) is 0 Å². The van der Waals surface area contributed by atoms with E-state index in [4.69, 9.17) is 4.74 Å². The molecule has 1 aliphatic heterocycles. The maximum atomic E-state index is 15.6. The van der Waals surface area contributed by atoms with Gasteiger partial charge in [0, 0.05) is 28.5 Å². The molecule has 0 aromatic heterocycles. The molecule has 59 heavy (non-hydrogen) atoms. The SMILES string of the molecule is CC1=CCC[C@@]2(C)[C@@H](CC[C@@]2(O)CN(CC23CC4CC(CC(C4)C2)C3)C(=O)[C@@]23CC[C@@](C)(C(=O)O2)C3(C)C)c2ccc(cc2C(=O)c2ccc(F)c(F)c2)C[C@@H](O)CC1. The highest BCUT2D eigenvalue weighted by Crippen LogP contribution is 2.67. The highest BCUT2D eigenvalue weighted by atomic mass is 19.2. The van der Waals surface area contributed by atoms with Gasteiger partial charge in [0.25, 0.3) is 5.91 Å². The third-order valence-corrected chi connectivity index (χ3v) is 18.0. The Hall–Kier alpha value is -3.43. The number of esters is 1. The summed E-state index contributed by atoms with van der Waals surface area (Å²) in [6.45, 7) is 10.8. The molecule has 2 N–H and O–H groups in total. The zero-order chi connectivity index (χ0) is 41.9. The Morgan fingerprint density at radius 2 is 1.56 bits per heavy atom. The Labute approximate surface area is 348 Å². The second-order valence-corrected chi connectivity index (χ2v) is 21.7. The summed E-state index contributed by atoms with van der Waals surface area (Å²) in [6, 6.07) is 8.90. The number of amides is 1. The van der Waals surface area contributed by atoms with Crippen molar-refractivity contribution < 1.29 is 38.1 Å². The monoisotopic (exact) mass is 811 g/mol. The molecule has 2 aromatic carbocycles. The van der Waals surface area contributed by atoms with Crippen LogP contribution >= 0.6 is 0 Å². The van der Waals surface area contributed by atoms with Gasteiger partial charge in [-0.3, -0.25) is 14.4 Å². The lowest BCUT2D eigenvalue weighted by Crippen LogP contribution is -2.63. The van der Waals surface area contributed by atoms with E-state index in [0.29, 0.717) is 87.6 Å². The first-order valence-corrected chi connectivity index (χ1v) is 22.5. The van der Waals surface area contributed by atoms with Crippen molar-refractivity contribution in [2.24, 2.45) is 39.4 Å². The van der Waals surface area contributed by atoms with E-state index >= 15 is 4.79 Å². The minimum absolute atomic E-state index is 0.0291. The molecule has 9 heteroatoms. The summed E-state index contributed by atoms with van der Waals surface area (Å²) >= 11 is 0. The smallest absolute Gasteiger partial charge is 0.313 e. The summed E-state index contributed by atoms with van der Waals surface area (Å²) in [5.74, 6) is -1.41. The highest BCUT2D eigenvalue weighted by Gasteiger charge is 2.76. The predicted octanol–water partition coefficient (Wildman–Crippen LogP) is 9.40. The molecule has 7 nitrogen and oxygen atoms in total. The number of fused-ring (bicyclic) bond motifs is 10. The van der Waals surface area contributed by atoms with Crippen LogP contribution in [0.1, 0.15) is 157 Å². The molecule has 6 atom stereocenters. The maximum Gasteiger partial charge on any atom is 0.313 e. The maximum absolute atomic E-state index is 15.6. The topological polar surface area (TPSA) is 104 Å². The molecule has 8 bridgehead atoms. The van der Waals surface area contributed by atoms with E-state index in [1.54, 1.807) is 6.07 Å². The molecule has 7 fully saturated rings. The van der Waals surface area contributed by atoms with Gasteiger partial charge in [-0.1, -0.05) is 44.6 Å². The number of aliphatic hydroxyl groups excluding tert-OH is 1. The first-order valence-electron chi connectivity index (χ1n) is 22.5. The molecule has 0 unspecified atom stereocenters. The Balaban J connectivity index is 1.14. The van der Waals surface area contributed by atoms with Gasteiger partial charge >= 0.3 is 5.97 Å². The number of aliphatic hydroxyl groups is 2. The Kier molecular flexibility index (Phi) is 9.75. The van der Waals surface area contributed by atoms with E-state index in [9.17, 15) is 28.6 Å². The van der Waals surface area contributed by atoms with E-state index in [1.807, 2.05) is 37.8 Å². The predicted molar refractivity (Wildman–Crippen MR) is 220 cm³/mol. The standard InChI is InChI=1S/C50H63F2NO6/c1-30-7-6-15-46(4)39(37-12-9-31(22-36(54)11-8-30)23-38(37)42(55)35-10-13-40(51)41(52)24-35)14-16-49(46,58)29-53(28-48-25-32-19-33(26-48)21-34(20-32)27-48)43(56)50-18-17-47(5,44(57)59-50)45(50,2)3/h7,9-10,12-13,23-24,32-34,36,39,54,58H,6,8,11,14-22,25-29H2,1-5H3/t32?,33?,34?,36-,39-,46-,47-,48?,49+,50+/m0/s1. The van der Waals surface area contributed by atoms with E-state index in [2.05, 4.69) is 19.9 Å². The second-order valence-electron chi connectivity index (χ2n) is 21.7. The molecular formula is C50H63F2NO6. The molecule has 8 aliphatic carbocycles. The fourth-order valence-corrected chi connectivity index (χ4v) is 14.4. The molecule has 9 aliphatic rings. The lowest BCUT2D eigenvalue weighted by Gasteiger charge is -2.58. The largest absolute Gasteiger partial charge is 0.448 e. The number of ether oxygens (including phenoxy) is 1. The molecule has 1 heterocycles. The van der Waals surface area contributed by atoms with Crippen LogP contribution in [0, 0.1) is 51.0 Å². The molecule has 0 radical (unpaired) electrons. The minimum atomic E-state index is -1.38. The van der Waals surface area contributed by atoms with Crippen LogP contribution in [0.5, 0.6) is 0 Å². The number of hydrogen-bond donors (Lipinski definition) is 2. The number of benzene rings is 2. The third-order valence-electron chi connectivity index (χ3n) is 18.0. The van der Waals surface area contributed by atoms with Crippen molar-refractivity contribution in [3.63, 3.8) is 0 Å². The zero-order valence-corrected chi connectivity index (χ0v) is 35.7. The van der Waals surface area contributed by atoms with Gasteiger partial charge in [-0.25, -0.2) is 8.78 Å². The third kappa shape index (κ3) is 6.31. The molecular weight excluding hydrogens is 749 g/mol. The second kappa shape index (κ2) is 14.1. The van der Waals surface area contributed by atoms with Crippen molar-refractivity contribution >= 4 is 17.7 Å². The van der Waals surface area contributed by atoms with Crippen LogP contribution in [0.2, 0.25) is 0 Å². The van der Waals surface area contributed by atoms with Crippen LogP contribution < -0.4 is 0 Å². The van der Waals surface area contributed by atoms with Crippen molar-refractivity contribution in [1.29, 1.82) is 0 Å². The van der Waals surface area contributed by atoms with E-state index in [0.717, 1.165) is 48.1 Å². The van der Waals surface area contributed by atoms with Crippen LogP contribution in [0.3, 0.4) is 0 Å². The number of hydrogen-bond acceptors (Lipinski definition) is 6. The lowest BCUT2D eigenvalue weighted by atomic mass is 9.49. The molecule has 1 saturated heterocycles. The Morgan fingerprint density at radius 3 is 2.19 bits per heavy atom. The number of halogens is 2. The first kappa shape index (κ1) is 40.9. The number of carbonyl (C=O) groups is 3. The number of rotatable bonds is 7. The van der Waals surface area contributed by atoms with E-state index in [1.165, 1.54) is 25.3 Å². The summed E-state index contributed by atoms with van der Waals surface area (Å²) in [6.07, 6.45) is 13.4. The van der Waals surface area contributed by atoms with Gasteiger partial charge in [0.15, 0.2) is 23.0 Å². The van der Waals surface area contributed by atoms with Crippen molar-refractivity contribution in [2.75, 3.05) is 13.1 Å². The molecule has 1 amide bonds. The van der Waals surface area contributed by atoms with Gasteiger partial charge in [0.05, 0.1) is 23.7 Å². The summed E-state index contributed by atoms with van der Waals surface area (Å²) < 4.78 is 35.0. The molecule has 0 spiro atoms. The van der Waals surface area contributed by atoms with Crippen molar-refractivity contribution in [3.05, 3.63) is 81.9 Å². The van der Waals surface area contributed by atoms with Crippen LogP contribution in [0.25, 0.3) is 0 Å². The van der Waals surface area contributed by atoms with Crippen molar-refractivity contribution in [3.8, 4) is 0 Å². The van der Waals surface area contributed by atoms with Gasteiger partial charge in [-0.05, 0) is 175 Å². The number of allylic oxidation sites excluding steroid dienone is 2. The Morgan fingerprint density at radius 1 is 0.864 bits per heavy atom. The van der Waals surface area contributed by atoms with Gasteiger partial charge in [-0.2, -0.15) is 0 Å². The van der Waals surface area contributed by atoms with Gasteiger partial charge in [0.1, 0.15) is 0 Å². The first-order chi connectivity index (χ1) is 27.8. The fraction of sp³-hybridized carbons (Fsp3) is 0.660. The summed E-state index contributed by atoms with van der Waals surface area (Å²) in [5, 5.41) is 24.6. The summed E-state index contributed by atoms with van der Waals surface area (Å²) in [4.78, 5) is 45.7. The van der Waals surface area contributed by atoms with Crippen LogP contribution in [-0.4, -0.2) is 63.2 Å². The zero-order valence-electron chi connectivity index (χ0n) is 35.7. The van der Waals surface area contributed by atoms with Crippen molar-refractivity contribution in [2.45, 2.75) is 154 Å². The average Bonchev–Trinajstić information content (AvgIpc) is 3.60. The highest BCUT2D eigenvalue weighted by molar-refractivity contribution is 6.10. The van der Waals surface area contributed by atoms with Crippen LogP contribution in [0.4, 0.5) is 8.78 Å². The molecule has 11 rings (SSSR count). The molecule has 6 saturated carbocycles. The Bertz CT molecular complexity index is 2080. The lowest BCUT2D eigenvalue weighted by molar-refractivity contribution is -0.181. The van der Waals surface area contributed by atoms with Crippen molar-refractivity contribution in [1.82, 2.24) is 4.90 Å². The van der Waals surface area contributed by atoms with Crippen LogP contribution in [-0.2, 0) is 20.7 Å². The molecule has 2 aromatic rings. The number of nitrogens with zero attached hydrogens (tertiary/aromatic N) is 1. The van der Waals surface area contributed by atoms with Gasteiger partial charge in [0.2, 0.25) is 0 Å². The summed E-state index contributed by atoms with van der Waals surface area (Å²) in [5.41, 5.74) is -2.04. The quantitative estimate of drug-likeness (QED) is 0.164. The van der Waals surface area contributed by atoms with Crippen LogP contribution in [0.15, 0.2) is 48.0 Å². The average molecular weight is 812 g/mol. The van der Waals surface area contributed by atoms with Gasteiger partial charge < -0.3 is 19.8 Å². The summed E-state index contributed by atoms with van der Waals surface area (Å²) in [7, 11) is 0.